The van der Waals surface area contributed by atoms with Crippen LogP contribution in [0.3, 0.4) is 0 Å². The molecule has 3 heteroatoms. The zero-order valence-corrected chi connectivity index (χ0v) is 10.2. The number of H-pyrrole nitrogens is 1. The predicted molar refractivity (Wildman–Crippen MR) is 73.5 cm³/mol. The number of nitrogens with two attached hydrogens (primary N) is 1. The first-order valence-electron chi connectivity index (χ1n) is 5.69. The molecule has 0 saturated carbocycles. The highest BCUT2D eigenvalue weighted by atomic mass is 32.1. The van der Waals surface area contributed by atoms with E-state index in [1.807, 2.05) is 12.4 Å². The number of fused-ring (bicyclic) bond motifs is 1. The van der Waals surface area contributed by atoms with Gasteiger partial charge in [0.05, 0.1) is 0 Å². The number of aromatic nitrogens is 1. The molecule has 0 aliphatic rings. The molecule has 3 rings (SSSR count). The second kappa shape index (κ2) is 4.35. The average Bonchev–Trinajstić information content (AvgIpc) is 3.01. The maximum Gasteiger partial charge on any atom is 0.0345 e. The van der Waals surface area contributed by atoms with E-state index in [1.54, 1.807) is 11.3 Å². The highest BCUT2D eigenvalue weighted by Gasteiger charge is 2.16. The van der Waals surface area contributed by atoms with E-state index in [-0.39, 0.29) is 5.92 Å². The number of nitrogens with one attached hydrogen (secondary N) is 1. The molecule has 0 amide bonds. The van der Waals surface area contributed by atoms with Gasteiger partial charge in [0.1, 0.15) is 0 Å². The van der Waals surface area contributed by atoms with Gasteiger partial charge >= 0.3 is 0 Å². The molecule has 3 aromatic rings. The minimum atomic E-state index is 0.289. The van der Waals surface area contributed by atoms with Gasteiger partial charge in [-0.25, -0.2) is 0 Å². The van der Waals surface area contributed by atoms with Gasteiger partial charge in [-0.2, -0.15) is 0 Å². The van der Waals surface area contributed by atoms with Crippen LogP contribution in [0.25, 0.3) is 10.1 Å². The van der Waals surface area contributed by atoms with E-state index >= 15 is 0 Å². The van der Waals surface area contributed by atoms with Crippen LogP contribution in [0, 0.1) is 0 Å². The second-order valence-electron chi connectivity index (χ2n) is 4.12. The van der Waals surface area contributed by atoms with Crippen molar-refractivity contribution in [1.82, 2.24) is 4.98 Å². The predicted octanol–water partition coefficient (Wildman–Crippen LogP) is 3.32. The van der Waals surface area contributed by atoms with E-state index in [9.17, 15) is 0 Å². The summed E-state index contributed by atoms with van der Waals surface area (Å²) in [5.41, 5.74) is 8.54. The molecule has 3 N–H and O–H groups in total. The lowest BCUT2D eigenvalue weighted by Crippen LogP contribution is -2.12. The highest BCUT2D eigenvalue weighted by Crippen LogP contribution is 2.34. The Balaban J connectivity index is 2.13. The first-order chi connectivity index (χ1) is 8.40. The van der Waals surface area contributed by atoms with Gasteiger partial charge in [0.15, 0.2) is 0 Å². The first kappa shape index (κ1) is 10.6. The fourth-order valence-corrected chi connectivity index (χ4v) is 3.28. The van der Waals surface area contributed by atoms with Crippen molar-refractivity contribution >= 4 is 21.4 Å². The SMILES string of the molecule is NCC(c1cc[nH]c1)c1csc2ccccc12. The first-order valence-corrected chi connectivity index (χ1v) is 6.57. The maximum atomic E-state index is 5.94. The van der Waals surface area contributed by atoms with E-state index in [1.165, 1.54) is 21.2 Å². The van der Waals surface area contributed by atoms with Crippen molar-refractivity contribution in [3.63, 3.8) is 0 Å². The van der Waals surface area contributed by atoms with Crippen LogP contribution in [0.15, 0.2) is 48.1 Å². The van der Waals surface area contributed by atoms with Crippen molar-refractivity contribution in [2.45, 2.75) is 5.92 Å². The molecule has 1 aromatic carbocycles. The van der Waals surface area contributed by atoms with Gasteiger partial charge in [0, 0.05) is 29.6 Å². The third-order valence-electron chi connectivity index (χ3n) is 3.15. The van der Waals surface area contributed by atoms with E-state index in [0.29, 0.717) is 6.54 Å². The smallest absolute Gasteiger partial charge is 0.0345 e. The third-order valence-corrected chi connectivity index (χ3v) is 4.13. The molecule has 1 unspecified atom stereocenters. The molecule has 0 fully saturated rings. The lowest BCUT2D eigenvalue weighted by Gasteiger charge is -2.12. The Hall–Kier alpha value is -1.58. The molecule has 17 heavy (non-hydrogen) atoms. The lowest BCUT2D eigenvalue weighted by molar-refractivity contribution is 0.830. The van der Waals surface area contributed by atoms with Gasteiger partial charge in [-0.1, -0.05) is 18.2 Å². The number of aromatic amines is 1. The molecule has 0 saturated heterocycles. The normalized spacial score (nSPS) is 13.0. The Morgan fingerprint density at radius 2 is 2.12 bits per heavy atom. The van der Waals surface area contributed by atoms with E-state index in [0.717, 1.165) is 0 Å². The zero-order valence-electron chi connectivity index (χ0n) is 9.39. The monoisotopic (exact) mass is 242 g/mol. The molecule has 2 nitrogen and oxygen atoms in total. The summed E-state index contributed by atoms with van der Waals surface area (Å²) in [5, 5.41) is 3.56. The van der Waals surface area contributed by atoms with E-state index in [4.69, 9.17) is 5.73 Å². The number of thiophene rings is 1. The Morgan fingerprint density at radius 1 is 1.24 bits per heavy atom. The summed E-state index contributed by atoms with van der Waals surface area (Å²) in [6.07, 6.45) is 3.98. The molecule has 0 aliphatic carbocycles. The molecule has 2 heterocycles. The van der Waals surface area contributed by atoms with Crippen molar-refractivity contribution in [2.75, 3.05) is 6.54 Å². The van der Waals surface area contributed by atoms with Crippen LogP contribution >= 0.6 is 11.3 Å². The Labute approximate surface area is 104 Å². The fraction of sp³-hybridized carbons (Fsp3) is 0.143. The minimum Gasteiger partial charge on any atom is -0.367 e. The van der Waals surface area contributed by atoms with Gasteiger partial charge in [0.25, 0.3) is 0 Å². The summed E-state index contributed by atoms with van der Waals surface area (Å²) in [5.74, 6) is 0.289. The summed E-state index contributed by atoms with van der Waals surface area (Å²) in [7, 11) is 0. The van der Waals surface area contributed by atoms with Crippen molar-refractivity contribution in [3.8, 4) is 0 Å². The quantitative estimate of drug-likeness (QED) is 0.727. The number of hydrogen-bond acceptors (Lipinski definition) is 2. The van der Waals surface area contributed by atoms with Gasteiger partial charge in [-0.05, 0) is 34.0 Å². The summed E-state index contributed by atoms with van der Waals surface area (Å²) < 4.78 is 1.33. The standard InChI is InChI=1S/C14H14N2S/c15-7-12(10-5-6-16-8-10)13-9-17-14-4-2-1-3-11(13)14/h1-6,8-9,12,16H,7,15H2. The Bertz CT molecular complexity index is 610. The summed E-state index contributed by atoms with van der Waals surface area (Å²) in [6, 6.07) is 10.6. The number of hydrogen-bond donors (Lipinski definition) is 2. The molecular formula is C14H14N2S. The van der Waals surface area contributed by atoms with Crippen LogP contribution in [0.5, 0.6) is 0 Å². The molecule has 0 aliphatic heterocycles. The molecule has 1 atom stereocenters. The molecule has 0 radical (unpaired) electrons. The highest BCUT2D eigenvalue weighted by molar-refractivity contribution is 7.17. The Morgan fingerprint density at radius 3 is 2.88 bits per heavy atom. The van der Waals surface area contributed by atoms with Crippen LogP contribution in [-0.4, -0.2) is 11.5 Å². The van der Waals surface area contributed by atoms with Gasteiger partial charge in [0.2, 0.25) is 0 Å². The van der Waals surface area contributed by atoms with E-state index < -0.39 is 0 Å². The van der Waals surface area contributed by atoms with Crippen molar-refractivity contribution in [3.05, 3.63) is 59.2 Å². The van der Waals surface area contributed by atoms with Crippen LogP contribution in [0.1, 0.15) is 17.0 Å². The molecule has 0 spiro atoms. The van der Waals surface area contributed by atoms with Crippen LogP contribution in [-0.2, 0) is 0 Å². The zero-order chi connectivity index (χ0) is 11.7. The molecule has 2 aromatic heterocycles. The van der Waals surface area contributed by atoms with Crippen LogP contribution < -0.4 is 5.73 Å². The molecule has 0 bridgehead atoms. The summed E-state index contributed by atoms with van der Waals surface area (Å²) in [6.45, 7) is 0.637. The lowest BCUT2D eigenvalue weighted by atomic mass is 9.93. The second-order valence-corrected chi connectivity index (χ2v) is 5.03. The van der Waals surface area contributed by atoms with Crippen LogP contribution in [0.4, 0.5) is 0 Å². The van der Waals surface area contributed by atoms with Crippen molar-refractivity contribution in [1.29, 1.82) is 0 Å². The summed E-state index contributed by atoms with van der Waals surface area (Å²) in [4.78, 5) is 3.10. The fourth-order valence-electron chi connectivity index (χ4n) is 2.26. The maximum absolute atomic E-state index is 5.94. The van der Waals surface area contributed by atoms with Gasteiger partial charge in [-0.15, -0.1) is 11.3 Å². The van der Waals surface area contributed by atoms with Crippen molar-refractivity contribution in [2.24, 2.45) is 5.73 Å². The molecular weight excluding hydrogens is 228 g/mol. The Kier molecular flexibility index (Phi) is 2.71. The average molecular weight is 242 g/mol. The van der Waals surface area contributed by atoms with Gasteiger partial charge < -0.3 is 10.7 Å². The van der Waals surface area contributed by atoms with Crippen molar-refractivity contribution < 1.29 is 0 Å². The van der Waals surface area contributed by atoms with Gasteiger partial charge in [-0.3, -0.25) is 0 Å². The summed E-state index contributed by atoms with van der Waals surface area (Å²) >= 11 is 1.79. The van der Waals surface area contributed by atoms with E-state index in [2.05, 4.69) is 40.7 Å². The van der Waals surface area contributed by atoms with Crippen LogP contribution in [0.2, 0.25) is 0 Å². The minimum absolute atomic E-state index is 0.289. The number of rotatable bonds is 3. The largest absolute Gasteiger partial charge is 0.367 e. The topological polar surface area (TPSA) is 41.8 Å². The number of benzene rings is 1. The third kappa shape index (κ3) is 1.77. The molecule has 86 valence electrons.